The number of nitrogens with zero attached hydrogens (tertiary/aromatic N) is 2. The molecule has 0 fully saturated rings. The van der Waals surface area contributed by atoms with Crippen LogP contribution in [0, 0.1) is 5.82 Å². The third-order valence-corrected chi connectivity index (χ3v) is 4.50. The second kappa shape index (κ2) is 8.09. The number of fused-ring (bicyclic) bond motifs is 1. The van der Waals surface area contributed by atoms with Crippen molar-refractivity contribution in [3.05, 3.63) is 54.3 Å². The molecule has 24 heavy (non-hydrogen) atoms. The second-order valence-corrected chi connectivity index (χ2v) is 6.32. The number of aromatic nitrogens is 2. The molecule has 126 valence electrons. The highest BCUT2D eigenvalue weighted by Crippen LogP contribution is 2.27. The summed E-state index contributed by atoms with van der Waals surface area (Å²) < 4.78 is 16.4. The molecule has 0 radical (unpaired) electrons. The van der Waals surface area contributed by atoms with Crippen molar-refractivity contribution in [1.82, 2.24) is 9.55 Å². The van der Waals surface area contributed by atoms with Crippen LogP contribution in [0.15, 0.2) is 48.5 Å². The molecule has 0 spiro atoms. The van der Waals surface area contributed by atoms with Crippen molar-refractivity contribution in [1.29, 1.82) is 0 Å². The minimum atomic E-state index is -0.211. The Hall–Kier alpha value is -2.16. The van der Waals surface area contributed by atoms with Gasteiger partial charge < -0.3 is 4.57 Å². The third-order valence-electron chi connectivity index (χ3n) is 4.50. The van der Waals surface area contributed by atoms with Crippen molar-refractivity contribution >= 4 is 11.0 Å². The van der Waals surface area contributed by atoms with E-state index >= 15 is 0 Å². The van der Waals surface area contributed by atoms with Gasteiger partial charge in [-0.3, -0.25) is 0 Å². The SMILES string of the molecule is CCCCCCCCn1c(-c2ccccc2F)nc2ccccc21. The lowest BCUT2D eigenvalue weighted by atomic mass is 10.1. The van der Waals surface area contributed by atoms with Crippen LogP contribution in [0.4, 0.5) is 4.39 Å². The molecule has 0 saturated heterocycles. The lowest BCUT2D eigenvalue weighted by molar-refractivity contribution is 0.564. The van der Waals surface area contributed by atoms with Crippen LogP contribution in [0.1, 0.15) is 45.4 Å². The zero-order chi connectivity index (χ0) is 16.8. The number of hydrogen-bond acceptors (Lipinski definition) is 1. The summed E-state index contributed by atoms with van der Waals surface area (Å²) in [5, 5.41) is 0. The predicted molar refractivity (Wildman–Crippen MR) is 98.5 cm³/mol. The number of para-hydroxylation sites is 2. The van der Waals surface area contributed by atoms with Gasteiger partial charge in [-0.25, -0.2) is 9.37 Å². The highest BCUT2D eigenvalue weighted by atomic mass is 19.1. The van der Waals surface area contributed by atoms with E-state index in [-0.39, 0.29) is 5.82 Å². The Morgan fingerprint density at radius 3 is 2.42 bits per heavy atom. The molecule has 0 atom stereocenters. The second-order valence-electron chi connectivity index (χ2n) is 6.32. The van der Waals surface area contributed by atoms with Crippen LogP contribution in [0.5, 0.6) is 0 Å². The largest absolute Gasteiger partial charge is 0.324 e. The molecule has 3 rings (SSSR count). The molecule has 0 aliphatic carbocycles. The summed E-state index contributed by atoms with van der Waals surface area (Å²) in [6, 6.07) is 15.0. The van der Waals surface area contributed by atoms with Gasteiger partial charge in [0.1, 0.15) is 11.6 Å². The normalized spacial score (nSPS) is 11.2. The molecular formula is C21H25FN2. The molecule has 0 bridgehead atoms. The highest BCUT2D eigenvalue weighted by molar-refractivity contribution is 5.80. The smallest absolute Gasteiger partial charge is 0.144 e. The van der Waals surface area contributed by atoms with Gasteiger partial charge in [0.2, 0.25) is 0 Å². The van der Waals surface area contributed by atoms with Crippen LogP contribution in [-0.4, -0.2) is 9.55 Å². The van der Waals surface area contributed by atoms with Gasteiger partial charge in [0, 0.05) is 6.54 Å². The number of rotatable bonds is 8. The summed E-state index contributed by atoms with van der Waals surface area (Å²) in [5.41, 5.74) is 2.60. The zero-order valence-electron chi connectivity index (χ0n) is 14.3. The molecule has 0 amide bonds. The van der Waals surface area contributed by atoms with Gasteiger partial charge in [-0.05, 0) is 30.7 Å². The van der Waals surface area contributed by atoms with Crippen molar-refractivity contribution in [2.24, 2.45) is 0 Å². The summed E-state index contributed by atoms with van der Waals surface area (Å²) in [7, 11) is 0. The van der Waals surface area contributed by atoms with Crippen LogP contribution < -0.4 is 0 Å². The molecule has 0 aliphatic rings. The van der Waals surface area contributed by atoms with Crippen LogP contribution in [0.2, 0.25) is 0 Å². The maximum Gasteiger partial charge on any atom is 0.144 e. The average Bonchev–Trinajstić information content (AvgIpc) is 2.97. The van der Waals surface area contributed by atoms with Gasteiger partial charge in [0.15, 0.2) is 0 Å². The lowest BCUT2D eigenvalue weighted by Gasteiger charge is -2.10. The fourth-order valence-corrected chi connectivity index (χ4v) is 3.20. The molecule has 0 N–H and O–H groups in total. The predicted octanol–water partition coefficient (Wildman–Crippen LogP) is 6.20. The summed E-state index contributed by atoms with van der Waals surface area (Å²) >= 11 is 0. The van der Waals surface area contributed by atoms with E-state index in [1.165, 1.54) is 38.2 Å². The van der Waals surface area contributed by atoms with Crippen molar-refractivity contribution in [2.75, 3.05) is 0 Å². The Morgan fingerprint density at radius 1 is 0.875 bits per heavy atom. The van der Waals surface area contributed by atoms with Gasteiger partial charge >= 0.3 is 0 Å². The standard InChI is InChI=1S/C21H25FN2/c1-2-3-4-5-6-11-16-24-20-15-10-9-14-19(20)23-21(24)17-12-7-8-13-18(17)22/h7-10,12-15H,2-6,11,16H2,1H3. The first-order chi connectivity index (χ1) is 11.8. The molecule has 1 aromatic heterocycles. The minimum Gasteiger partial charge on any atom is -0.324 e. The molecule has 3 heteroatoms. The van der Waals surface area contributed by atoms with Crippen molar-refractivity contribution in [2.45, 2.75) is 52.0 Å². The summed E-state index contributed by atoms with van der Waals surface area (Å²) in [6.07, 6.45) is 7.48. The van der Waals surface area contributed by atoms with Gasteiger partial charge in [0.05, 0.1) is 16.6 Å². The van der Waals surface area contributed by atoms with E-state index in [0.717, 1.165) is 29.8 Å². The number of benzene rings is 2. The number of unbranched alkanes of at least 4 members (excludes halogenated alkanes) is 5. The quantitative estimate of drug-likeness (QED) is 0.451. The van der Waals surface area contributed by atoms with E-state index < -0.39 is 0 Å². The Morgan fingerprint density at radius 2 is 1.58 bits per heavy atom. The lowest BCUT2D eigenvalue weighted by Crippen LogP contribution is -2.02. The molecule has 2 aromatic carbocycles. The Balaban J connectivity index is 1.85. The minimum absolute atomic E-state index is 0.211. The van der Waals surface area contributed by atoms with Gasteiger partial charge in [-0.15, -0.1) is 0 Å². The summed E-state index contributed by atoms with van der Waals surface area (Å²) in [6.45, 7) is 3.12. The van der Waals surface area contributed by atoms with Gasteiger partial charge in [-0.1, -0.05) is 63.3 Å². The van der Waals surface area contributed by atoms with E-state index in [1.807, 2.05) is 30.3 Å². The van der Waals surface area contributed by atoms with Crippen molar-refractivity contribution in [3.63, 3.8) is 0 Å². The number of imidazole rings is 1. The monoisotopic (exact) mass is 324 g/mol. The number of halogens is 1. The molecule has 2 nitrogen and oxygen atoms in total. The zero-order valence-corrected chi connectivity index (χ0v) is 14.3. The van der Waals surface area contributed by atoms with Gasteiger partial charge in [0.25, 0.3) is 0 Å². The molecular weight excluding hydrogens is 299 g/mol. The Bertz CT molecular complexity index is 791. The summed E-state index contributed by atoms with van der Waals surface area (Å²) in [5.74, 6) is 0.528. The maximum atomic E-state index is 14.3. The van der Waals surface area contributed by atoms with Crippen LogP contribution in [0.25, 0.3) is 22.4 Å². The molecule has 0 saturated carbocycles. The highest BCUT2D eigenvalue weighted by Gasteiger charge is 2.14. The number of aryl methyl sites for hydroxylation is 1. The van der Waals surface area contributed by atoms with E-state index in [9.17, 15) is 4.39 Å². The molecule has 3 aromatic rings. The topological polar surface area (TPSA) is 17.8 Å². The fraction of sp³-hybridized carbons (Fsp3) is 0.381. The average molecular weight is 324 g/mol. The first kappa shape index (κ1) is 16.7. The van der Waals surface area contributed by atoms with Crippen molar-refractivity contribution in [3.8, 4) is 11.4 Å². The van der Waals surface area contributed by atoms with Crippen LogP contribution in [0.3, 0.4) is 0 Å². The number of hydrogen-bond donors (Lipinski definition) is 0. The first-order valence-electron chi connectivity index (χ1n) is 9.01. The van der Waals surface area contributed by atoms with E-state index in [4.69, 9.17) is 4.98 Å². The van der Waals surface area contributed by atoms with Gasteiger partial charge in [-0.2, -0.15) is 0 Å². The van der Waals surface area contributed by atoms with E-state index in [0.29, 0.717) is 5.56 Å². The molecule has 0 aliphatic heterocycles. The third kappa shape index (κ3) is 3.66. The summed E-state index contributed by atoms with van der Waals surface area (Å²) in [4.78, 5) is 4.70. The van der Waals surface area contributed by atoms with E-state index in [1.54, 1.807) is 6.07 Å². The molecule has 0 unspecified atom stereocenters. The Kier molecular flexibility index (Phi) is 5.63. The fourth-order valence-electron chi connectivity index (χ4n) is 3.20. The maximum absolute atomic E-state index is 14.3. The molecule has 1 heterocycles. The van der Waals surface area contributed by atoms with Crippen molar-refractivity contribution < 1.29 is 4.39 Å². The van der Waals surface area contributed by atoms with Crippen LogP contribution >= 0.6 is 0 Å². The van der Waals surface area contributed by atoms with E-state index in [2.05, 4.69) is 17.6 Å². The Labute approximate surface area is 143 Å². The van der Waals surface area contributed by atoms with Crippen LogP contribution in [-0.2, 0) is 6.54 Å². The first-order valence-corrected chi connectivity index (χ1v) is 9.01.